The van der Waals surface area contributed by atoms with Crippen LogP contribution in [0.2, 0.25) is 0 Å². The first kappa shape index (κ1) is 35.3. The van der Waals surface area contributed by atoms with Crippen molar-refractivity contribution in [1.82, 2.24) is 10.2 Å². The predicted molar refractivity (Wildman–Crippen MR) is 202 cm³/mol. The Hall–Kier alpha value is -5.06. The summed E-state index contributed by atoms with van der Waals surface area (Å²) < 4.78 is 5.74. The lowest BCUT2D eigenvalue weighted by molar-refractivity contribution is -0.142. The van der Waals surface area contributed by atoms with Crippen LogP contribution in [0.1, 0.15) is 62.5 Å². The Kier molecular flexibility index (Phi) is 11.4. The number of nitrogens with one attached hydrogen (secondary N) is 1. The highest BCUT2D eigenvalue weighted by molar-refractivity contribution is 7.87. The second-order valence-corrected chi connectivity index (χ2v) is 15.9. The zero-order valence-electron chi connectivity index (χ0n) is 28.6. The van der Waals surface area contributed by atoms with E-state index in [1.807, 2.05) is 99.6 Å². The monoisotopic (exact) mass is 669 g/mol. The molecular weight excluding hydrogens is 625 g/mol. The van der Waals surface area contributed by atoms with Gasteiger partial charge in [0.15, 0.2) is 0 Å². The quantitative estimate of drug-likeness (QED) is 0.0634. The summed E-state index contributed by atoms with van der Waals surface area (Å²) in [7, 11) is -2.74. The van der Waals surface area contributed by atoms with Crippen LogP contribution in [0.15, 0.2) is 150 Å². The van der Waals surface area contributed by atoms with Gasteiger partial charge < -0.3 is 10.2 Å². The Morgan fingerprint density at radius 2 is 1.12 bits per heavy atom. The van der Waals surface area contributed by atoms with Gasteiger partial charge in [-0.15, -0.1) is 0 Å². The molecule has 5 aromatic rings. The van der Waals surface area contributed by atoms with E-state index in [1.165, 1.54) is 4.90 Å². The molecule has 0 fully saturated rings. The third-order valence-electron chi connectivity index (χ3n) is 8.39. The van der Waals surface area contributed by atoms with Gasteiger partial charge in [-0.25, -0.2) is 0 Å². The molecule has 0 aliphatic heterocycles. The summed E-state index contributed by atoms with van der Waals surface area (Å²) in [5.74, 6) is -1.78. The number of carbonyl (C=O) groups is 3. The smallest absolute Gasteiger partial charge is 0.296 e. The zero-order chi connectivity index (χ0) is 34.9. The molecule has 0 saturated carbocycles. The zero-order valence-corrected chi connectivity index (χ0v) is 29.5. The fraction of sp³-hybridized carbons (Fsp3) is 0.214. The molecule has 0 aliphatic carbocycles. The van der Waals surface area contributed by atoms with E-state index in [0.717, 1.165) is 28.8 Å². The molecule has 1 unspecified atom stereocenters. The number of rotatable bonds is 12. The Bertz CT molecular complexity index is 1820. The van der Waals surface area contributed by atoms with E-state index in [9.17, 15) is 14.4 Å². The van der Waals surface area contributed by atoms with E-state index in [4.69, 9.17) is 4.74 Å². The minimum absolute atomic E-state index is 0.270. The minimum Gasteiger partial charge on any atom is -0.354 e. The molecule has 2 amide bonds. The number of carbonyl (C=O) groups excluding carboxylic acids is 3. The van der Waals surface area contributed by atoms with Crippen LogP contribution in [0.3, 0.4) is 0 Å². The third-order valence-corrected chi connectivity index (χ3v) is 12.0. The fourth-order valence-corrected chi connectivity index (χ4v) is 9.59. The topological polar surface area (TPSA) is 78.8 Å². The van der Waals surface area contributed by atoms with Gasteiger partial charge in [0.2, 0.25) is 11.7 Å². The van der Waals surface area contributed by atoms with Gasteiger partial charge in [-0.2, -0.15) is 0 Å². The first-order valence-corrected chi connectivity index (χ1v) is 18.5. The van der Waals surface area contributed by atoms with Crippen molar-refractivity contribution in [1.29, 1.82) is 0 Å². The molecule has 0 aliphatic rings. The van der Waals surface area contributed by atoms with Crippen molar-refractivity contribution < 1.29 is 14.4 Å². The highest BCUT2D eigenvalue weighted by atomic mass is 31.2. The SMILES string of the molecule is CCCCNC(=O)C(c1ccccc1N=P(c1ccccc1)(c1ccccc1)c1ccccc1)N(C(=O)C(=O)c1ccccc1)C(C)(C)C. The fourth-order valence-electron chi connectivity index (χ4n) is 6.04. The van der Waals surface area contributed by atoms with Gasteiger partial charge in [-0.05, 0) is 33.3 Å². The summed E-state index contributed by atoms with van der Waals surface area (Å²) in [5.41, 5.74) is 0.489. The molecule has 5 rings (SSSR count). The molecule has 5 aromatic carbocycles. The van der Waals surface area contributed by atoms with Crippen molar-refractivity contribution in [2.45, 2.75) is 52.1 Å². The summed E-state index contributed by atoms with van der Waals surface area (Å²) in [5, 5.41) is 6.23. The molecule has 7 heteroatoms. The highest BCUT2D eigenvalue weighted by Crippen LogP contribution is 2.50. The van der Waals surface area contributed by atoms with E-state index >= 15 is 0 Å². The first-order chi connectivity index (χ1) is 23.7. The van der Waals surface area contributed by atoms with Crippen LogP contribution in [-0.4, -0.2) is 34.6 Å². The number of unbranched alkanes of at least 4 members (excludes halogenated alkanes) is 1. The van der Waals surface area contributed by atoms with Gasteiger partial charge in [0, 0.05) is 39.1 Å². The Morgan fingerprint density at radius 3 is 1.59 bits per heavy atom. The summed E-state index contributed by atoms with van der Waals surface area (Å²) in [4.78, 5) is 44.0. The van der Waals surface area contributed by atoms with Crippen molar-refractivity contribution >= 4 is 46.3 Å². The number of amides is 2. The largest absolute Gasteiger partial charge is 0.354 e. The van der Waals surface area contributed by atoms with Crippen LogP contribution < -0.4 is 21.2 Å². The van der Waals surface area contributed by atoms with Crippen LogP contribution in [-0.2, 0) is 9.59 Å². The summed E-state index contributed by atoms with van der Waals surface area (Å²) in [6.07, 6.45) is 1.67. The molecule has 0 bridgehead atoms. The van der Waals surface area contributed by atoms with Crippen LogP contribution in [0.25, 0.3) is 0 Å². The number of benzene rings is 5. The molecule has 6 nitrogen and oxygen atoms in total. The Balaban J connectivity index is 1.82. The molecule has 1 N–H and O–H groups in total. The van der Waals surface area contributed by atoms with Crippen molar-refractivity contribution in [3.63, 3.8) is 0 Å². The highest BCUT2D eigenvalue weighted by Gasteiger charge is 2.42. The van der Waals surface area contributed by atoms with Gasteiger partial charge in [-0.1, -0.05) is 153 Å². The first-order valence-electron chi connectivity index (χ1n) is 16.8. The average Bonchev–Trinajstić information content (AvgIpc) is 3.13. The third kappa shape index (κ3) is 7.82. The molecule has 0 heterocycles. The Morgan fingerprint density at radius 1 is 0.673 bits per heavy atom. The molecule has 250 valence electrons. The minimum atomic E-state index is -2.74. The van der Waals surface area contributed by atoms with Crippen LogP contribution >= 0.6 is 7.05 Å². The molecule has 0 saturated heterocycles. The van der Waals surface area contributed by atoms with Crippen molar-refractivity contribution in [3.05, 3.63) is 157 Å². The van der Waals surface area contributed by atoms with E-state index in [-0.39, 0.29) is 11.5 Å². The normalized spacial score (nSPS) is 12.1. The molecule has 1 atom stereocenters. The Labute approximate surface area is 290 Å². The number of hydrogen-bond donors (Lipinski definition) is 1. The number of hydrogen-bond acceptors (Lipinski definition) is 4. The molecule has 0 aromatic heterocycles. The summed E-state index contributed by atoms with van der Waals surface area (Å²) >= 11 is 0. The number of ketones is 1. The maximum atomic E-state index is 14.4. The van der Waals surface area contributed by atoms with Gasteiger partial charge in [0.05, 0.1) is 12.7 Å². The molecule has 49 heavy (non-hydrogen) atoms. The van der Waals surface area contributed by atoms with Crippen LogP contribution in [0, 0.1) is 0 Å². The van der Waals surface area contributed by atoms with E-state index in [0.29, 0.717) is 17.8 Å². The van der Waals surface area contributed by atoms with E-state index in [2.05, 4.69) is 48.6 Å². The lowest BCUT2D eigenvalue weighted by atomic mass is 9.94. The maximum Gasteiger partial charge on any atom is 0.296 e. The number of nitrogens with zero attached hydrogens (tertiary/aromatic N) is 2. The molecule has 0 spiro atoms. The summed E-state index contributed by atoms with van der Waals surface area (Å²) in [6, 6.07) is 45.7. The van der Waals surface area contributed by atoms with Gasteiger partial charge >= 0.3 is 0 Å². The lowest BCUT2D eigenvalue weighted by Gasteiger charge is -2.41. The average molecular weight is 670 g/mol. The van der Waals surface area contributed by atoms with Crippen LogP contribution in [0.5, 0.6) is 0 Å². The maximum absolute atomic E-state index is 14.4. The second-order valence-electron chi connectivity index (χ2n) is 12.9. The van der Waals surface area contributed by atoms with E-state index < -0.39 is 30.3 Å². The van der Waals surface area contributed by atoms with Crippen molar-refractivity contribution in [2.24, 2.45) is 4.74 Å². The van der Waals surface area contributed by atoms with Crippen LogP contribution in [0.4, 0.5) is 5.69 Å². The standard InChI is InChI=1S/C42H44N3O3P/c1-5-6-31-43-40(47)38(45(42(2,3)4)41(48)39(46)32-21-11-7-12-22-32)36-29-19-20-30-37(36)44-49(33-23-13-8-14-24-33,34-25-15-9-16-26-34)35-27-17-10-18-28-35/h7-30,38H,5-6,31H2,1-4H3,(H,43,47). The van der Waals surface area contributed by atoms with Gasteiger partial charge in [-0.3, -0.25) is 19.1 Å². The lowest BCUT2D eigenvalue weighted by Crippen LogP contribution is -2.54. The van der Waals surface area contributed by atoms with Crippen molar-refractivity contribution in [3.8, 4) is 0 Å². The predicted octanol–water partition coefficient (Wildman–Crippen LogP) is 7.96. The summed E-state index contributed by atoms with van der Waals surface area (Å²) in [6.45, 7) is 8.06. The second kappa shape index (κ2) is 15.9. The number of Topliss-reactive ketones (excluding diaryl/α,β-unsaturated/α-hetero) is 1. The van der Waals surface area contributed by atoms with Gasteiger partial charge in [0.1, 0.15) is 6.04 Å². The van der Waals surface area contributed by atoms with Gasteiger partial charge in [0.25, 0.3) is 5.91 Å². The van der Waals surface area contributed by atoms with E-state index in [1.54, 1.807) is 30.3 Å². The molecular formula is C42H44N3O3P. The van der Waals surface area contributed by atoms with Crippen molar-refractivity contribution in [2.75, 3.05) is 6.54 Å². The molecule has 0 radical (unpaired) electrons.